The normalized spacial score (nSPS) is 19.3. The van der Waals surface area contributed by atoms with Gasteiger partial charge in [-0.25, -0.2) is 8.42 Å². The molecule has 1 aliphatic heterocycles. The van der Waals surface area contributed by atoms with E-state index >= 15 is 0 Å². The van der Waals surface area contributed by atoms with Gasteiger partial charge in [0.2, 0.25) is 10.0 Å². The third-order valence-electron chi connectivity index (χ3n) is 4.00. The van der Waals surface area contributed by atoms with Crippen molar-refractivity contribution in [2.45, 2.75) is 23.8 Å². The molecule has 3 rings (SSSR count). The second-order valence-corrected chi connectivity index (χ2v) is 7.27. The van der Waals surface area contributed by atoms with Crippen LogP contribution in [0.2, 0.25) is 0 Å². The highest BCUT2D eigenvalue weighted by molar-refractivity contribution is 7.89. The van der Waals surface area contributed by atoms with Crippen molar-refractivity contribution < 1.29 is 12.9 Å². The van der Waals surface area contributed by atoms with Crippen molar-refractivity contribution in [3.63, 3.8) is 0 Å². The van der Waals surface area contributed by atoms with E-state index in [0.29, 0.717) is 24.4 Å². The molecular formula is C15H20ClN3O3S. The molecule has 0 saturated carbocycles. The van der Waals surface area contributed by atoms with Crippen LogP contribution >= 0.6 is 12.4 Å². The Hall–Kier alpha value is -1.41. The fraction of sp³-hybridized carbons (Fsp3) is 0.400. The number of benzene rings is 1. The quantitative estimate of drug-likeness (QED) is 0.907. The summed E-state index contributed by atoms with van der Waals surface area (Å²) in [4.78, 5) is 0.267. The van der Waals surface area contributed by atoms with Crippen LogP contribution in [0, 0.1) is 0 Å². The highest BCUT2D eigenvalue weighted by Gasteiger charge is 2.31. The largest absolute Gasteiger partial charge is 0.356 e. The Balaban J connectivity index is 0.00000192. The minimum Gasteiger partial charge on any atom is -0.356 e. The Labute approximate surface area is 142 Å². The Kier molecular flexibility index (Phi) is 5.80. The van der Waals surface area contributed by atoms with E-state index in [0.717, 1.165) is 12.8 Å². The van der Waals surface area contributed by atoms with Crippen molar-refractivity contribution >= 4 is 22.4 Å². The van der Waals surface area contributed by atoms with Gasteiger partial charge in [-0.3, -0.25) is 0 Å². The van der Waals surface area contributed by atoms with E-state index in [-0.39, 0.29) is 23.3 Å². The molecule has 0 spiro atoms. The van der Waals surface area contributed by atoms with Crippen molar-refractivity contribution in [1.29, 1.82) is 0 Å². The lowest BCUT2D eigenvalue weighted by molar-refractivity contribution is 0.293. The molecule has 1 fully saturated rings. The van der Waals surface area contributed by atoms with Gasteiger partial charge in [0.1, 0.15) is 0 Å². The van der Waals surface area contributed by atoms with E-state index in [9.17, 15) is 8.42 Å². The molecule has 1 aliphatic rings. The number of piperidine rings is 1. The predicted molar refractivity (Wildman–Crippen MR) is 90.0 cm³/mol. The molecule has 0 aliphatic carbocycles. The fourth-order valence-electron chi connectivity index (χ4n) is 2.79. The first-order valence-electron chi connectivity index (χ1n) is 7.30. The van der Waals surface area contributed by atoms with Gasteiger partial charge in [0.25, 0.3) is 0 Å². The maximum atomic E-state index is 13.0. The topological polar surface area (TPSA) is 75.4 Å². The minimum atomic E-state index is -3.56. The summed E-state index contributed by atoms with van der Waals surface area (Å²) in [6.45, 7) is 1.04. The van der Waals surface area contributed by atoms with Crippen LogP contribution in [0.15, 0.2) is 45.9 Å². The Morgan fingerprint density at radius 2 is 2.09 bits per heavy atom. The maximum absolute atomic E-state index is 13.0. The molecule has 1 unspecified atom stereocenters. The second-order valence-electron chi connectivity index (χ2n) is 5.36. The van der Waals surface area contributed by atoms with Gasteiger partial charge in [-0.15, -0.1) is 12.4 Å². The lowest BCUT2D eigenvalue weighted by atomic mass is 10.1. The van der Waals surface area contributed by atoms with Crippen molar-refractivity contribution in [3.05, 3.63) is 36.5 Å². The van der Waals surface area contributed by atoms with Gasteiger partial charge in [-0.1, -0.05) is 17.3 Å². The molecule has 2 aromatic rings. The summed E-state index contributed by atoms with van der Waals surface area (Å²) in [5.74, 6) is 0.460. The van der Waals surface area contributed by atoms with Crippen LogP contribution in [-0.4, -0.2) is 44.1 Å². The lowest BCUT2D eigenvalue weighted by Crippen LogP contribution is -2.46. The van der Waals surface area contributed by atoms with Gasteiger partial charge in [0.05, 0.1) is 11.1 Å². The van der Waals surface area contributed by atoms with Gasteiger partial charge in [0.15, 0.2) is 5.76 Å². The number of hydrogen-bond acceptors (Lipinski definition) is 5. The molecule has 0 radical (unpaired) electrons. The molecule has 1 aromatic heterocycles. The lowest BCUT2D eigenvalue weighted by Gasteiger charge is -2.32. The average molecular weight is 358 g/mol. The van der Waals surface area contributed by atoms with Gasteiger partial charge < -0.3 is 9.84 Å². The molecule has 6 nitrogen and oxygen atoms in total. The summed E-state index contributed by atoms with van der Waals surface area (Å²) in [6, 6.07) is 8.75. The van der Waals surface area contributed by atoms with Crippen LogP contribution < -0.4 is 5.32 Å². The van der Waals surface area contributed by atoms with Crippen molar-refractivity contribution in [1.82, 2.24) is 14.8 Å². The van der Waals surface area contributed by atoms with Gasteiger partial charge in [0, 0.05) is 30.8 Å². The number of rotatable bonds is 4. The Morgan fingerprint density at radius 1 is 1.30 bits per heavy atom. The molecule has 2 heterocycles. The average Bonchev–Trinajstić information content (AvgIpc) is 3.09. The summed E-state index contributed by atoms with van der Waals surface area (Å²) in [5.41, 5.74) is 0.548. The Bertz CT molecular complexity index is 734. The summed E-state index contributed by atoms with van der Waals surface area (Å²) in [7, 11) is -1.69. The van der Waals surface area contributed by atoms with Crippen LogP contribution in [-0.2, 0) is 10.0 Å². The number of nitrogens with zero attached hydrogens (tertiary/aromatic N) is 2. The highest BCUT2D eigenvalue weighted by atomic mass is 35.5. The van der Waals surface area contributed by atoms with Crippen LogP contribution in [0.3, 0.4) is 0 Å². The van der Waals surface area contributed by atoms with E-state index in [1.807, 2.05) is 7.05 Å². The summed E-state index contributed by atoms with van der Waals surface area (Å²) in [6.07, 6.45) is 3.36. The zero-order valence-electron chi connectivity index (χ0n) is 12.8. The number of aromatic nitrogens is 1. The van der Waals surface area contributed by atoms with Gasteiger partial charge >= 0.3 is 0 Å². The SMILES string of the molecule is CNC1CCCN(S(=O)(=O)c2ccccc2-c2ccno2)C1.Cl. The number of hydrogen-bond donors (Lipinski definition) is 1. The molecule has 0 bridgehead atoms. The van der Waals surface area contributed by atoms with Gasteiger partial charge in [-0.2, -0.15) is 4.31 Å². The molecule has 1 atom stereocenters. The summed E-state index contributed by atoms with van der Waals surface area (Å²) >= 11 is 0. The summed E-state index contributed by atoms with van der Waals surface area (Å²) < 4.78 is 32.7. The number of halogens is 1. The smallest absolute Gasteiger partial charge is 0.243 e. The zero-order chi connectivity index (χ0) is 15.6. The standard InChI is InChI=1S/C15H19N3O3S.ClH/c1-16-12-5-4-10-18(11-12)22(19,20)15-7-3-2-6-13(15)14-8-9-17-21-14;/h2-3,6-9,12,16H,4-5,10-11H2,1H3;1H. The third-order valence-corrected chi connectivity index (χ3v) is 5.92. The van der Waals surface area contributed by atoms with E-state index in [1.54, 1.807) is 34.6 Å². The van der Waals surface area contributed by atoms with Crippen molar-refractivity contribution in [2.24, 2.45) is 0 Å². The van der Waals surface area contributed by atoms with E-state index in [2.05, 4.69) is 10.5 Å². The summed E-state index contributed by atoms with van der Waals surface area (Å²) in [5, 5.41) is 6.83. The number of nitrogens with one attached hydrogen (secondary N) is 1. The van der Waals surface area contributed by atoms with E-state index < -0.39 is 10.0 Å². The first kappa shape index (κ1) is 17.9. The van der Waals surface area contributed by atoms with Crippen LogP contribution in [0.25, 0.3) is 11.3 Å². The molecule has 23 heavy (non-hydrogen) atoms. The molecule has 1 N–H and O–H groups in total. The van der Waals surface area contributed by atoms with Gasteiger partial charge in [-0.05, 0) is 32.0 Å². The fourth-order valence-corrected chi connectivity index (χ4v) is 4.51. The maximum Gasteiger partial charge on any atom is 0.243 e. The molecular weight excluding hydrogens is 338 g/mol. The zero-order valence-corrected chi connectivity index (χ0v) is 14.4. The second kappa shape index (κ2) is 7.44. The predicted octanol–water partition coefficient (Wildman–Crippen LogP) is 2.14. The Morgan fingerprint density at radius 3 is 2.78 bits per heavy atom. The minimum absolute atomic E-state index is 0. The molecule has 1 saturated heterocycles. The molecule has 1 aromatic carbocycles. The monoisotopic (exact) mass is 357 g/mol. The number of likely N-dealkylation sites (N-methyl/N-ethyl adjacent to an activating group) is 1. The van der Waals surface area contributed by atoms with Crippen LogP contribution in [0.1, 0.15) is 12.8 Å². The van der Waals surface area contributed by atoms with E-state index in [4.69, 9.17) is 4.52 Å². The van der Waals surface area contributed by atoms with Crippen molar-refractivity contribution in [2.75, 3.05) is 20.1 Å². The van der Waals surface area contributed by atoms with E-state index in [1.165, 1.54) is 6.20 Å². The first-order valence-corrected chi connectivity index (χ1v) is 8.74. The first-order chi connectivity index (χ1) is 10.6. The van der Waals surface area contributed by atoms with Crippen LogP contribution in [0.4, 0.5) is 0 Å². The molecule has 8 heteroatoms. The highest BCUT2D eigenvalue weighted by Crippen LogP contribution is 2.30. The number of sulfonamides is 1. The van der Waals surface area contributed by atoms with Crippen molar-refractivity contribution in [3.8, 4) is 11.3 Å². The molecule has 126 valence electrons. The molecule has 0 amide bonds. The third kappa shape index (κ3) is 3.58. The van der Waals surface area contributed by atoms with Crippen LogP contribution in [0.5, 0.6) is 0 Å².